The molecule has 1 amide bonds. The number of methoxy groups -OCH3 is 1. The van der Waals surface area contributed by atoms with Gasteiger partial charge in [-0.15, -0.1) is 0 Å². The van der Waals surface area contributed by atoms with Gasteiger partial charge in [0.05, 0.1) is 12.0 Å². The van der Waals surface area contributed by atoms with Gasteiger partial charge in [0.15, 0.2) is 0 Å². The Kier molecular flexibility index (Phi) is 7.24. The zero-order chi connectivity index (χ0) is 20.0. The van der Waals surface area contributed by atoms with Crippen molar-refractivity contribution in [3.05, 3.63) is 58.6 Å². The Labute approximate surface area is 165 Å². The van der Waals surface area contributed by atoms with Crippen molar-refractivity contribution in [2.75, 3.05) is 20.7 Å². The van der Waals surface area contributed by atoms with Crippen LogP contribution in [0.2, 0.25) is 5.02 Å². The SMILES string of the molecule is CCCNC(=O)c1ccc(OC)c(CN(C)S(=O)(=O)c2ccc(Cl)cc2)c1. The van der Waals surface area contributed by atoms with Crippen molar-refractivity contribution in [1.82, 2.24) is 9.62 Å². The average Bonchev–Trinajstić information content (AvgIpc) is 2.66. The van der Waals surface area contributed by atoms with E-state index in [1.807, 2.05) is 6.92 Å². The summed E-state index contributed by atoms with van der Waals surface area (Å²) >= 11 is 5.83. The van der Waals surface area contributed by atoms with E-state index in [4.69, 9.17) is 16.3 Å². The van der Waals surface area contributed by atoms with Gasteiger partial charge in [0, 0.05) is 36.3 Å². The molecule has 2 aromatic rings. The molecule has 1 N–H and O–H groups in total. The van der Waals surface area contributed by atoms with E-state index in [0.717, 1.165) is 6.42 Å². The van der Waals surface area contributed by atoms with E-state index in [0.29, 0.717) is 28.4 Å². The topological polar surface area (TPSA) is 75.7 Å². The lowest BCUT2D eigenvalue weighted by molar-refractivity contribution is 0.0953. The van der Waals surface area contributed by atoms with Gasteiger partial charge < -0.3 is 10.1 Å². The van der Waals surface area contributed by atoms with Crippen LogP contribution in [0.25, 0.3) is 0 Å². The molecule has 0 spiro atoms. The predicted molar refractivity (Wildman–Crippen MR) is 106 cm³/mol. The van der Waals surface area contributed by atoms with Crippen molar-refractivity contribution in [3.8, 4) is 5.75 Å². The molecular formula is C19H23ClN2O4S. The third-order valence-electron chi connectivity index (χ3n) is 3.99. The average molecular weight is 411 g/mol. The standard InChI is InChI=1S/C19H23ClN2O4S/c1-4-11-21-19(23)14-5-10-18(26-3)15(12-14)13-22(2)27(24,25)17-8-6-16(20)7-9-17/h5-10,12H,4,11,13H2,1-3H3,(H,21,23). The maximum Gasteiger partial charge on any atom is 0.251 e. The summed E-state index contributed by atoms with van der Waals surface area (Å²) in [6, 6.07) is 10.9. The Morgan fingerprint density at radius 3 is 2.44 bits per heavy atom. The number of halogens is 1. The Morgan fingerprint density at radius 1 is 1.19 bits per heavy atom. The smallest absolute Gasteiger partial charge is 0.251 e. The zero-order valence-corrected chi connectivity index (χ0v) is 17.1. The molecule has 0 bridgehead atoms. The maximum absolute atomic E-state index is 12.8. The molecule has 2 aromatic carbocycles. The third-order valence-corrected chi connectivity index (χ3v) is 6.06. The largest absolute Gasteiger partial charge is 0.496 e. The molecule has 0 aliphatic rings. The number of amides is 1. The van der Waals surface area contributed by atoms with Crippen LogP contribution in [-0.2, 0) is 16.6 Å². The summed E-state index contributed by atoms with van der Waals surface area (Å²) < 4.78 is 32.1. The summed E-state index contributed by atoms with van der Waals surface area (Å²) in [4.78, 5) is 12.3. The van der Waals surface area contributed by atoms with Gasteiger partial charge in [-0.1, -0.05) is 18.5 Å². The lowest BCUT2D eigenvalue weighted by atomic mass is 10.1. The van der Waals surface area contributed by atoms with Crippen LogP contribution in [0.15, 0.2) is 47.4 Å². The van der Waals surface area contributed by atoms with Crippen LogP contribution < -0.4 is 10.1 Å². The molecule has 27 heavy (non-hydrogen) atoms. The number of rotatable bonds is 8. The second-order valence-electron chi connectivity index (χ2n) is 6.00. The van der Waals surface area contributed by atoms with Crippen LogP contribution in [0, 0.1) is 0 Å². The Balaban J connectivity index is 2.28. The molecule has 0 radical (unpaired) electrons. The van der Waals surface area contributed by atoms with E-state index in [9.17, 15) is 13.2 Å². The van der Waals surface area contributed by atoms with E-state index in [-0.39, 0.29) is 17.3 Å². The number of carbonyl (C=O) groups is 1. The number of ether oxygens (including phenoxy) is 1. The Morgan fingerprint density at radius 2 is 1.85 bits per heavy atom. The molecule has 2 rings (SSSR count). The van der Waals surface area contributed by atoms with Crippen LogP contribution in [0.5, 0.6) is 5.75 Å². The number of nitrogens with zero attached hydrogens (tertiary/aromatic N) is 1. The van der Waals surface area contributed by atoms with E-state index in [1.165, 1.54) is 42.7 Å². The number of sulfonamides is 1. The van der Waals surface area contributed by atoms with Crippen LogP contribution >= 0.6 is 11.6 Å². The van der Waals surface area contributed by atoms with Crippen molar-refractivity contribution in [1.29, 1.82) is 0 Å². The highest BCUT2D eigenvalue weighted by Crippen LogP contribution is 2.25. The number of carbonyl (C=O) groups excluding carboxylic acids is 1. The van der Waals surface area contributed by atoms with Crippen molar-refractivity contribution in [2.45, 2.75) is 24.8 Å². The van der Waals surface area contributed by atoms with Gasteiger partial charge in [-0.25, -0.2) is 8.42 Å². The molecule has 0 aliphatic heterocycles. The van der Waals surface area contributed by atoms with Crippen molar-refractivity contribution in [3.63, 3.8) is 0 Å². The lowest BCUT2D eigenvalue weighted by Crippen LogP contribution is -2.27. The number of benzene rings is 2. The van der Waals surface area contributed by atoms with Gasteiger partial charge >= 0.3 is 0 Å². The maximum atomic E-state index is 12.8. The zero-order valence-electron chi connectivity index (χ0n) is 15.5. The molecule has 0 heterocycles. The van der Waals surface area contributed by atoms with Crippen LogP contribution in [0.3, 0.4) is 0 Å². The molecule has 0 saturated heterocycles. The van der Waals surface area contributed by atoms with Gasteiger partial charge in [-0.2, -0.15) is 4.31 Å². The Bertz CT molecular complexity index is 898. The lowest BCUT2D eigenvalue weighted by Gasteiger charge is -2.19. The van der Waals surface area contributed by atoms with Crippen LogP contribution in [0.1, 0.15) is 29.3 Å². The first kappa shape index (κ1) is 21.2. The van der Waals surface area contributed by atoms with E-state index in [2.05, 4.69) is 5.32 Å². The van der Waals surface area contributed by atoms with Crippen LogP contribution in [-0.4, -0.2) is 39.3 Å². The van der Waals surface area contributed by atoms with Gasteiger partial charge in [0.25, 0.3) is 5.91 Å². The molecule has 0 fully saturated rings. The minimum absolute atomic E-state index is 0.0586. The van der Waals surface area contributed by atoms with Gasteiger partial charge in [-0.05, 0) is 48.9 Å². The van der Waals surface area contributed by atoms with E-state index in [1.54, 1.807) is 18.2 Å². The van der Waals surface area contributed by atoms with Gasteiger partial charge in [0.1, 0.15) is 5.75 Å². The molecule has 0 aromatic heterocycles. The van der Waals surface area contributed by atoms with E-state index < -0.39 is 10.0 Å². The normalized spacial score (nSPS) is 11.4. The van der Waals surface area contributed by atoms with Crippen LogP contribution in [0.4, 0.5) is 0 Å². The molecule has 146 valence electrons. The number of hydrogen-bond acceptors (Lipinski definition) is 4. The predicted octanol–water partition coefficient (Wildman–Crippen LogP) is 3.31. The quantitative estimate of drug-likeness (QED) is 0.724. The summed E-state index contributed by atoms with van der Waals surface area (Å²) in [5.41, 5.74) is 1.05. The molecule has 0 aliphatic carbocycles. The third kappa shape index (κ3) is 5.22. The monoisotopic (exact) mass is 410 g/mol. The van der Waals surface area contributed by atoms with Crippen molar-refractivity contribution >= 4 is 27.5 Å². The molecule has 6 nitrogen and oxygen atoms in total. The van der Waals surface area contributed by atoms with Gasteiger partial charge in [0.2, 0.25) is 10.0 Å². The highest BCUT2D eigenvalue weighted by Gasteiger charge is 2.22. The second kappa shape index (κ2) is 9.21. The molecule has 8 heteroatoms. The summed E-state index contributed by atoms with van der Waals surface area (Å²) in [6.07, 6.45) is 0.830. The highest BCUT2D eigenvalue weighted by molar-refractivity contribution is 7.89. The second-order valence-corrected chi connectivity index (χ2v) is 8.48. The highest BCUT2D eigenvalue weighted by atomic mass is 35.5. The number of hydrogen-bond donors (Lipinski definition) is 1. The first-order valence-corrected chi connectivity index (χ1v) is 10.3. The first-order valence-electron chi connectivity index (χ1n) is 8.46. The molecule has 0 unspecified atom stereocenters. The number of nitrogens with one attached hydrogen (secondary N) is 1. The van der Waals surface area contributed by atoms with Crippen molar-refractivity contribution in [2.24, 2.45) is 0 Å². The Hall–Kier alpha value is -2.09. The van der Waals surface area contributed by atoms with Gasteiger partial charge in [-0.3, -0.25) is 4.79 Å². The molecular weight excluding hydrogens is 388 g/mol. The fourth-order valence-electron chi connectivity index (χ4n) is 2.50. The summed E-state index contributed by atoms with van der Waals surface area (Å²) in [5, 5.41) is 3.27. The summed E-state index contributed by atoms with van der Waals surface area (Å²) in [6.45, 7) is 2.60. The summed E-state index contributed by atoms with van der Waals surface area (Å²) in [7, 11) is -0.725. The minimum Gasteiger partial charge on any atom is -0.496 e. The van der Waals surface area contributed by atoms with Crippen molar-refractivity contribution < 1.29 is 17.9 Å². The van der Waals surface area contributed by atoms with E-state index >= 15 is 0 Å². The first-order chi connectivity index (χ1) is 12.8. The molecule has 0 atom stereocenters. The minimum atomic E-state index is -3.71. The fraction of sp³-hybridized carbons (Fsp3) is 0.316. The molecule has 0 saturated carbocycles. The fourth-order valence-corrected chi connectivity index (χ4v) is 3.77. The summed E-state index contributed by atoms with van der Waals surface area (Å²) in [5.74, 6) is 0.309.